The molecule has 1 fully saturated rings. The Labute approximate surface area is 248 Å². The molecule has 2 heterocycles. The number of benzene rings is 2. The number of ketones is 1. The molecule has 1 aliphatic heterocycles. The number of carbonyl (C=O) groups is 1. The fourth-order valence-electron chi connectivity index (χ4n) is 4.74. The van der Waals surface area contributed by atoms with Gasteiger partial charge in [-0.2, -0.15) is 0 Å². The molecule has 1 unspecified atom stereocenters. The predicted molar refractivity (Wildman–Crippen MR) is 166 cm³/mol. The number of H-pyrrole nitrogens is 1. The summed E-state index contributed by atoms with van der Waals surface area (Å²) in [6, 6.07) is 12.6. The highest BCUT2D eigenvalue weighted by Gasteiger charge is 2.27. The molecular weight excluding hydrogens is 554 g/mol. The molecule has 0 amide bonds. The number of aromatic nitrogens is 2. The van der Waals surface area contributed by atoms with Crippen molar-refractivity contribution in [1.82, 2.24) is 14.3 Å². The van der Waals surface area contributed by atoms with Gasteiger partial charge >= 0.3 is 0 Å². The van der Waals surface area contributed by atoms with Gasteiger partial charge in [-0.15, -0.1) is 0 Å². The van der Waals surface area contributed by atoms with E-state index >= 15 is 0 Å². The summed E-state index contributed by atoms with van der Waals surface area (Å²) in [6.45, 7) is 7.13. The third-order valence-corrected chi connectivity index (χ3v) is 8.18. The highest BCUT2D eigenvalue weighted by molar-refractivity contribution is 7.82. The molecule has 1 aliphatic rings. The Hall–Kier alpha value is -4.09. The predicted octanol–water partition coefficient (Wildman–Crippen LogP) is 4.82. The average molecular weight is 592 g/mol. The van der Waals surface area contributed by atoms with Crippen LogP contribution in [-0.4, -0.2) is 63.3 Å². The van der Waals surface area contributed by atoms with Crippen molar-refractivity contribution in [3.05, 3.63) is 69.6 Å². The van der Waals surface area contributed by atoms with Crippen LogP contribution >= 0.6 is 0 Å². The summed E-state index contributed by atoms with van der Waals surface area (Å²) in [5.41, 5.74) is 2.13. The molecule has 42 heavy (non-hydrogen) atoms. The molecule has 222 valence electrons. The summed E-state index contributed by atoms with van der Waals surface area (Å²) >= 11 is 0. The Kier molecular flexibility index (Phi) is 10.4. The Morgan fingerprint density at radius 2 is 1.86 bits per heavy atom. The molecule has 11 heteroatoms. The van der Waals surface area contributed by atoms with Gasteiger partial charge in [-0.3, -0.25) is 9.59 Å². The molecule has 2 aromatic carbocycles. The van der Waals surface area contributed by atoms with Crippen LogP contribution < -0.4 is 20.3 Å². The van der Waals surface area contributed by atoms with Gasteiger partial charge in [-0.1, -0.05) is 31.5 Å². The molecule has 3 aromatic rings. The first kappa shape index (κ1) is 30.9. The number of Topliss-reactive ketones (excluding diaryl/α,β-unsaturated/α-hetero) is 1. The van der Waals surface area contributed by atoms with Crippen molar-refractivity contribution in [3.63, 3.8) is 0 Å². The largest absolute Gasteiger partial charge is 0.493 e. The van der Waals surface area contributed by atoms with E-state index in [4.69, 9.17) is 14.9 Å². The van der Waals surface area contributed by atoms with Gasteiger partial charge in [0.15, 0.2) is 5.78 Å². The molecule has 1 atom stereocenters. The van der Waals surface area contributed by atoms with Crippen molar-refractivity contribution in [2.24, 2.45) is 0 Å². The summed E-state index contributed by atoms with van der Waals surface area (Å²) in [7, 11) is -0.00130. The highest BCUT2D eigenvalue weighted by Crippen LogP contribution is 2.32. The number of carbonyl (C=O) groups excluding carboxylic acids is 1. The zero-order valence-electron chi connectivity index (χ0n) is 24.4. The number of hydrogen-bond donors (Lipinski definition) is 3. The number of ether oxygens (including phenoxy) is 2. The van der Waals surface area contributed by atoms with Gasteiger partial charge in [-0.05, 0) is 50.6 Å². The number of nitrogens with zero attached hydrogens (tertiary/aromatic N) is 2. The zero-order chi connectivity index (χ0) is 30.2. The minimum absolute atomic E-state index is 0.00962. The van der Waals surface area contributed by atoms with Crippen LogP contribution in [0.15, 0.2) is 57.7 Å². The molecule has 3 N–H and O–H groups in total. The molecule has 0 aliphatic carbocycles. The molecule has 10 nitrogen and oxygen atoms in total. The Morgan fingerprint density at radius 3 is 2.57 bits per heavy atom. The van der Waals surface area contributed by atoms with Crippen LogP contribution in [0.1, 0.15) is 51.3 Å². The third kappa shape index (κ3) is 6.85. The third-order valence-electron chi connectivity index (χ3n) is 6.74. The molecular formula is C31H37N5O5S. The molecule has 0 bridgehead atoms. The SMILES string of the molecule is CCCC(=N)c1nc(-c2cc(S(=O)N3CCC(=O)/C(=C\c4ccccc4OCC)C3)ccc2OCC)[nH]c(=O)c1NC. The van der Waals surface area contributed by atoms with E-state index in [1.165, 1.54) is 0 Å². The first-order chi connectivity index (χ1) is 20.3. The maximum Gasteiger partial charge on any atom is 0.275 e. The summed E-state index contributed by atoms with van der Waals surface area (Å²) in [5.74, 6) is 1.38. The van der Waals surface area contributed by atoms with Crippen LogP contribution in [0.3, 0.4) is 0 Å². The van der Waals surface area contributed by atoms with E-state index in [2.05, 4.69) is 15.3 Å². The van der Waals surface area contributed by atoms with Gasteiger partial charge in [0, 0.05) is 37.7 Å². The van der Waals surface area contributed by atoms with Crippen molar-refractivity contribution in [2.75, 3.05) is 38.7 Å². The minimum Gasteiger partial charge on any atom is -0.493 e. The molecule has 0 spiro atoms. The molecule has 1 aromatic heterocycles. The van der Waals surface area contributed by atoms with Crippen molar-refractivity contribution in [1.29, 1.82) is 5.41 Å². The smallest absolute Gasteiger partial charge is 0.275 e. The summed E-state index contributed by atoms with van der Waals surface area (Å²) in [5, 5.41) is 11.3. The first-order valence-corrected chi connectivity index (χ1v) is 15.2. The first-order valence-electron chi connectivity index (χ1n) is 14.1. The van der Waals surface area contributed by atoms with Crippen LogP contribution in [0.25, 0.3) is 17.5 Å². The maximum absolute atomic E-state index is 13.9. The zero-order valence-corrected chi connectivity index (χ0v) is 25.2. The molecule has 0 saturated carbocycles. The topological polar surface area (TPSA) is 137 Å². The highest BCUT2D eigenvalue weighted by atomic mass is 32.2. The van der Waals surface area contributed by atoms with E-state index < -0.39 is 16.5 Å². The van der Waals surface area contributed by atoms with E-state index in [-0.39, 0.29) is 41.7 Å². The van der Waals surface area contributed by atoms with E-state index in [0.717, 1.165) is 12.0 Å². The second-order valence-corrected chi connectivity index (χ2v) is 11.1. The van der Waals surface area contributed by atoms with E-state index in [9.17, 15) is 13.8 Å². The summed E-state index contributed by atoms with van der Waals surface area (Å²) < 4.78 is 27.1. The van der Waals surface area contributed by atoms with E-state index in [1.54, 1.807) is 29.6 Å². The lowest BCUT2D eigenvalue weighted by Gasteiger charge is -2.27. The van der Waals surface area contributed by atoms with Crippen molar-refractivity contribution >= 4 is 34.2 Å². The minimum atomic E-state index is -1.62. The molecule has 1 saturated heterocycles. The Morgan fingerprint density at radius 1 is 1.12 bits per heavy atom. The van der Waals surface area contributed by atoms with E-state index in [1.807, 2.05) is 51.1 Å². The van der Waals surface area contributed by atoms with Crippen LogP contribution in [0.4, 0.5) is 5.69 Å². The van der Waals surface area contributed by atoms with Gasteiger partial charge < -0.3 is 25.2 Å². The maximum atomic E-state index is 13.9. The second-order valence-electron chi connectivity index (χ2n) is 9.63. The quantitative estimate of drug-likeness (QED) is 0.203. The van der Waals surface area contributed by atoms with Crippen molar-refractivity contribution in [3.8, 4) is 22.9 Å². The molecule has 4 rings (SSSR count). The van der Waals surface area contributed by atoms with Gasteiger partial charge in [-0.25, -0.2) is 13.5 Å². The summed E-state index contributed by atoms with van der Waals surface area (Å²) in [6.07, 6.45) is 3.24. The lowest BCUT2D eigenvalue weighted by molar-refractivity contribution is -0.116. The van der Waals surface area contributed by atoms with Gasteiger partial charge in [0.25, 0.3) is 5.56 Å². The number of nitrogens with one attached hydrogen (secondary N) is 3. The number of rotatable bonds is 12. The number of aromatic amines is 1. The Bertz CT molecular complexity index is 1580. The number of para-hydroxylation sites is 1. The lowest BCUT2D eigenvalue weighted by Crippen LogP contribution is -2.37. The number of hydrogen-bond acceptors (Lipinski definition) is 8. The van der Waals surface area contributed by atoms with Gasteiger partial charge in [0.2, 0.25) is 0 Å². The van der Waals surface area contributed by atoms with Gasteiger partial charge in [0.05, 0.1) is 29.4 Å². The number of piperidine rings is 1. The fourth-order valence-corrected chi connectivity index (χ4v) is 5.95. The monoisotopic (exact) mass is 591 g/mol. The average Bonchev–Trinajstić information content (AvgIpc) is 2.99. The Balaban J connectivity index is 1.71. The second kappa shape index (κ2) is 14.2. The summed E-state index contributed by atoms with van der Waals surface area (Å²) in [4.78, 5) is 33.7. The van der Waals surface area contributed by atoms with E-state index in [0.29, 0.717) is 53.7 Å². The molecule has 0 radical (unpaired) electrons. The van der Waals surface area contributed by atoms with Crippen molar-refractivity contribution in [2.45, 2.75) is 44.9 Å². The van der Waals surface area contributed by atoms with Crippen LogP contribution in [0, 0.1) is 5.41 Å². The standard InChI is InChI=1S/C31H37N5O5S/c1-5-10-24(32)28-29(33-4)31(38)35-30(34-28)23-18-22(13-14-27(23)41-7-3)42(39)36-16-15-25(37)21(19-36)17-20-11-8-9-12-26(20)40-6-2/h8-9,11-14,17-18,32-33H,5-7,10,15-16,19H2,1-4H3,(H,34,35,38)/b21-17-,32-24?. The number of anilines is 1. The van der Waals surface area contributed by atoms with Crippen LogP contribution in [-0.2, 0) is 15.8 Å². The fraction of sp³-hybridized carbons (Fsp3) is 0.355. The van der Waals surface area contributed by atoms with Crippen LogP contribution in [0.5, 0.6) is 11.5 Å². The lowest BCUT2D eigenvalue weighted by atomic mass is 10.0. The van der Waals surface area contributed by atoms with Crippen molar-refractivity contribution < 1.29 is 18.5 Å². The van der Waals surface area contributed by atoms with Gasteiger partial charge in [0.1, 0.15) is 39.7 Å². The normalized spacial score (nSPS) is 15.4. The van der Waals surface area contributed by atoms with Crippen LogP contribution in [0.2, 0.25) is 0 Å².